The highest BCUT2D eigenvalue weighted by Gasteiger charge is 2.40. The standard InChI is InChI=1S/C18H23FN2O2/c19-13-5-3-11(4-6-13)15-10-16(15)21-18(22)20-14-7-8-23-17(9-14)12-1-2-12/h3-6,12,14-17H,1-2,7-10H2,(H2,20,21,22)/t14-,15+,16-,17+/m1/s1. The Bertz CT molecular complexity index is 573. The molecule has 4 atom stereocenters. The molecule has 1 aromatic rings. The lowest BCUT2D eigenvalue weighted by molar-refractivity contribution is -0.00914. The third kappa shape index (κ3) is 3.66. The zero-order chi connectivity index (χ0) is 15.8. The maximum absolute atomic E-state index is 12.9. The molecule has 1 aromatic carbocycles. The fourth-order valence-corrected chi connectivity index (χ4v) is 3.58. The summed E-state index contributed by atoms with van der Waals surface area (Å²) >= 11 is 0. The van der Waals surface area contributed by atoms with Crippen LogP contribution in [0.3, 0.4) is 0 Å². The minimum absolute atomic E-state index is 0.0824. The molecule has 1 saturated heterocycles. The first-order chi connectivity index (χ1) is 11.2. The van der Waals surface area contributed by atoms with Crippen LogP contribution in [0, 0.1) is 11.7 Å². The van der Waals surface area contributed by atoms with E-state index in [1.165, 1.54) is 25.0 Å². The molecule has 4 nitrogen and oxygen atoms in total. The van der Waals surface area contributed by atoms with Crippen LogP contribution in [0.1, 0.15) is 43.6 Å². The number of halogens is 1. The summed E-state index contributed by atoms with van der Waals surface area (Å²) in [6.07, 6.45) is 5.63. The smallest absolute Gasteiger partial charge is 0.315 e. The summed E-state index contributed by atoms with van der Waals surface area (Å²) < 4.78 is 18.7. The van der Waals surface area contributed by atoms with Crippen LogP contribution in [0.2, 0.25) is 0 Å². The van der Waals surface area contributed by atoms with Crippen molar-refractivity contribution in [3.63, 3.8) is 0 Å². The van der Waals surface area contributed by atoms with E-state index < -0.39 is 0 Å². The number of benzene rings is 1. The van der Waals surface area contributed by atoms with Gasteiger partial charge < -0.3 is 15.4 Å². The van der Waals surface area contributed by atoms with E-state index in [9.17, 15) is 9.18 Å². The van der Waals surface area contributed by atoms with Crippen molar-refractivity contribution in [2.45, 2.75) is 56.2 Å². The van der Waals surface area contributed by atoms with Gasteiger partial charge in [0.1, 0.15) is 5.82 Å². The number of carbonyl (C=O) groups excluding carboxylic acids is 1. The summed E-state index contributed by atoms with van der Waals surface area (Å²) in [5, 5.41) is 6.13. The van der Waals surface area contributed by atoms with Gasteiger partial charge in [0.15, 0.2) is 0 Å². The monoisotopic (exact) mass is 318 g/mol. The first-order valence-corrected chi connectivity index (χ1v) is 8.63. The lowest BCUT2D eigenvalue weighted by atomic mass is 10.0. The molecule has 23 heavy (non-hydrogen) atoms. The average molecular weight is 318 g/mol. The molecule has 124 valence electrons. The van der Waals surface area contributed by atoms with E-state index in [4.69, 9.17) is 4.74 Å². The van der Waals surface area contributed by atoms with Gasteiger partial charge in [0.2, 0.25) is 0 Å². The van der Waals surface area contributed by atoms with Gasteiger partial charge in [-0.15, -0.1) is 0 Å². The number of ether oxygens (including phenoxy) is 1. The van der Waals surface area contributed by atoms with E-state index in [1.807, 2.05) is 0 Å². The fourth-order valence-electron chi connectivity index (χ4n) is 3.58. The molecule has 1 aliphatic heterocycles. The van der Waals surface area contributed by atoms with Gasteiger partial charge in [0, 0.05) is 24.6 Å². The molecule has 2 N–H and O–H groups in total. The Hall–Kier alpha value is -1.62. The molecule has 3 aliphatic rings. The van der Waals surface area contributed by atoms with Crippen LogP contribution in [0.15, 0.2) is 24.3 Å². The second kappa shape index (κ2) is 6.11. The third-order valence-corrected chi connectivity index (χ3v) is 5.20. The van der Waals surface area contributed by atoms with Crippen LogP contribution in [-0.4, -0.2) is 30.8 Å². The van der Waals surface area contributed by atoms with Gasteiger partial charge in [0.05, 0.1) is 6.10 Å². The summed E-state index contributed by atoms with van der Waals surface area (Å²) in [5.41, 5.74) is 1.09. The van der Waals surface area contributed by atoms with Crippen molar-refractivity contribution in [3.05, 3.63) is 35.6 Å². The van der Waals surface area contributed by atoms with Crippen LogP contribution in [0.5, 0.6) is 0 Å². The molecule has 3 fully saturated rings. The topological polar surface area (TPSA) is 50.4 Å². The number of urea groups is 1. The van der Waals surface area contributed by atoms with Crippen molar-refractivity contribution in [1.82, 2.24) is 10.6 Å². The molecule has 0 bridgehead atoms. The maximum Gasteiger partial charge on any atom is 0.315 e. The molecule has 0 spiro atoms. The van der Waals surface area contributed by atoms with E-state index in [1.54, 1.807) is 12.1 Å². The van der Waals surface area contributed by atoms with Gasteiger partial charge in [-0.25, -0.2) is 9.18 Å². The normalized spacial score (nSPS) is 33.1. The Morgan fingerprint density at radius 1 is 1.09 bits per heavy atom. The molecular formula is C18H23FN2O2. The van der Waals surface area contributed by atoms with Crippen molar-refractivity contribution >= 4 is 6.03 Å². The van der Waals surface area contributed by atoms with Crippen molar-refractivity contribution in [1.29, 1.82) is 0 Å². The van der Waals surface area contributed by atoms with Gasteiger partial charge >= 0.3 is 6.03 Å². The summed E-state index contributed by atoms with van der Waals surface area (Å²) in [7, 11) is 0. The quantitative estimate of drug-likeness (QED) is 0.897. The molecule has 1 heterocycles. The van der Waals surface area contributed by atoms with Crippen LogP contribution in [0.25, 0.3) is 0 Å². The predicted molar refractivity (Wildman–Crippen MR) is 84.7 cm³/mol. The van der Waals surface area contributed by atoms with E-state index in [0.29, 0.717) is 17.9 Å². The van der Waals surface area contributed by atoms with Crippen LogP contribution in [-0.2, 0) is 4.74 Å². The van der Waals surface area contributed by atoms with E-state index in [2.05, 4.69) is 10.6 Å². The number of carbonyl (C=O) groups is 1. The summed E-state index contributed by atoms with van der Waals surface area (Å²) in [5.74, 6) is 0.811. The maximum atomic E-state index is 12.9. The van der Waals surface area contributed by atoms with Gasteiger partial charge in [-0.3, -0.25) is 0 Å². The van der Waals surface area contributed by atoms with E-state index in [0.717, 1.165) is 31.4 Å². The molecule has 5 heteroatoms. The molecule has 2 saturated carbocycles. The van der Waals surface area contributed by atoms with Crippen molar-refractivity contribution in [3.8, 4) is 0 Å². The molecule has 0 radical (unpaired) electrons. The number of hydrogen-bond acceptors (Lipinski definition) is 2. The van der Waals surface area contributed by atoms with Crippen molar-refractivity contribution in [2.24, 2.45) is 5.92 Å². The second-order valence-electron chi connectivity index (χ2n) is 7.09. The highest BCUT2D eigenvalue weighted by molar-refractivity contribution is 5.75. The van der Waals surface area contributed by atoms with E-state index >= 15 is 0 Å². The highest BCUT2D eigenvalue weighted by Crippen LogP contribution is 2.41. The van der Waals surface area contributed by atoms with Gasteiger partial charge in [0.25, 0.3) is 0 Å². The lowest BCUT2D eigenvalue weighted by Gasteiger charge is -2.30. The Labute approximate surface area is 135 Å². The molecule has 2 amide bonds. The molecule has 4 rings (SSSR count). The lowest BCUT2D eigenvalue weighted by Crippen LogP contribution is -2.47. The number of hydrogen-bond donors (Lipinski definition) is 2. The minimum atomic E-state index is -0.221. The molecule has 0 aromatic heterocycles. The van der Waals surface area contributed by atoms with Gasteiger partial charge in [-0.2, -0.15) is 0 Å². The summed E-state index contributed by atoms with van der Waals surface area (Å²) in [6, 6.07) is 6.87. The Balaban J connectivity index is 1.24. The minimum Gasteiger partial charge on any atom is -0.378 e. The Morgan fingerprint density at radius 3 is 2.61 bits per heavy atom. The number of amides is 2. The number of nitrogens with one attached hydrogen (secondary N) is 2. The van der Waals surface area contributed by atoms with Crippen LogP contribution >= 0.6 is 0 Å². The molecule has 0 unspecified atom stereocenters. The molecular weight excluding hydrogens is 295 g/mol. The van der Waals surface area contributed by atoms with Crippen LogP contribution < -0.4 is 10.6 Å². The third-order valence-electron chi connectivity index (χ3n) is 5.20. The first kappa shape index (κ1) is 14.9. The zero-order valence-electron chi connectivity index (χ0n) is 13.1. The highest BCUT2D eigenvalue weighted by atomic mass is 19.1. The number of rotatable bonds is 4. The van der Waals surface area contributed by atoms with Crippen molar-refractivity contribution < 1.29 is 13.9 Å². The Kier molecular flexibility index (Phi) is 3.97. The van der Waals surface area contributed by atoms with Gasteiger partial charge in [-0.1, -0.05) is 12.1 Å². The fraction of sp³-hybridized carbons (Fsp3) is 0.611. The molecule has 2 aliphatic carbocycles. The SMILES string of the molecule is O=C(N[C@@H]1CCO[C@H](C2CC2)C1)N[C@@H]1C[C@H]1c1ccc(F)cc1. The van der Waals surface area contributed by atoms with Gasteiger partial charge in [-0.05, 0) is 55.7 Å². The van der Waals surface area contributed by atoms with E-state index in [-0.39, 0.29) is 23.9 Å². The predicted octanol–water partition coefficient (Wildman–Crippen LogP) is 2.94. The summed E-state index contributed by atoms with van der Waals surface area (Å²) in [4.78, 5) is 12.2. The average Bonchev–Trinajstić information content (AvgIpc) is 3.43. The first-order valence-electron chi connectivity index (χ1n) is 8.63. The second-order valence-corrected chi connectivity index (χ2v) is 7.09. The van der Waals surface area contributed by atoms with Crippen LogP contribution in [0.4, 0.5) is 9.18 Å². The van der Waals surface area contributed by atoms with Crippen molar-refractivity contribution in [2.75, 3.05) is 6.61 Å². The Morgan fingerprint density at radius 2 is 1.87 bits per heavy atom. The summed E-state index contributed by atoms with van der Waals surface area (Å²) in [6.45, 7) is 0.744. The zero-order valence-corrected chi connectivity index (χ0v) is 13.1. The largest absolute Gasteiger partial charge is 0.378 e.